The van der Waals surface area contributed by atoms with E-state index in [0.717, 1.165) is 89.9 Å². The first-order chi connectivity index (χ1) is 26.1. The number of carboxylic acids is 2. The minimum absolute atomic E-state index is 0.0396. The van der Waals surface area contributed by atoms with Crippen molar-refractivity contribution in [2.45, 2.75) is 195 Å². The van der Waals surface area contributed by atoms with Crippen LogP contribution in [0.3, 0.4) is 0 Å². The highest BCUT2D eigenvalue weighted by Gasteiger charge is 2.25. The number of nitrogens with two attached hydrogens (primary N) is 2. The molecule has 5 atom stereocenters. The zero-order valence-corrected chi connectivity index (χ0v) is 35.0. The molecule has 0 unspecified atom stereocenters. The van der Waals surface area contributed by atoms with Crippen LogP contribution >= 0.6 is 0 Å². The normalized spacial score (nSPS) is 14.3. The molecular formula is C41H76N6O8. The van der Waals surface area contributed by atoms with E-state index in [1.807, 2.05) is 6.92 Å². The Morgan fingerprint density at radius 2 is 0.927 bits per heavy atom. The van der Waals surface area contributed by atoms with E-state index < -0.39 is 23.8 Å². The van der Waals surface area contributed by atoms with Crippen LogP contribution in [0.15, 0.2) is 23.5 Å². The van der Waals surface area contributed by atoms with Gasteiger partial charge in [0, 0.05) is 43.4 Å². The zero-order chi connectivity index (χ0) is 42.2. The molecule has 0 heterocycles. The maximum absolute atomic E-state index is 12.6. The number of allylic oxidation sites excluding steroid dienone is 2. The number of aliphatic carboxylic acids is 2. The molecule has 0 aliphatic heterocycles. The monoisotopic (exact) mass is 781 g/mol. The maximum atomic E-state index is 12.6. The van der Waals surface area contributed by atoms with E-state index in [9.17, 15) is 28.8 Å². The number of amides is 4. The molecule has 0 saturated carbocycles. The quantitative estimate of drug-likeness (QED) is 0.0315. The van der Waals surface area contributed by atoms with Gasteiger partial charge >= 0.3 is 11.9 Å². The molecule has 10 N–H and O–H groups in total. The molecule has 0 spiro atoms. The third kappa shape index (κ3) is 28.3. The average Bonchev–Trinajstić information content (AvgIpc) is 3.12. The Hall–Kier alpha value is -3.78. The number of carbonyl (C=O) groups excluding carboxylic acids is 4. The lowest BCUT2D eigenvalue weighted by molar-refractivity contribution is -0.135. The van der Waals surface area contributed by atoms with Crippen molar-refractivity contribution in [1.29, 1.82) is 0 Å². The molecule has 14 heteroatoms. The molecule has 0 aliphatic rings. The first-order valence-corrected chi connectivity index (χ1v) is 20.6. The summed E-state index contributed by atoms with van der Waals surface area (Å²) >= 11 is 0. The lowest BCUT2D eigenvalue weighted by atomic mass is 9.95. The van der Waals surface area contributed by atoms with Crippen LogP contribution in [-0.2, 0) is 28.8 Å². The molecule has 0 saturated heterocycles. The maximum Gasteiger partial charge on any atom is 0.352 e. The molecule has 0 fully saturated rings. The SMILES string of the molecule is CC=C(NC(=O)C[C@H](CCCCC)NC(=O)C[C@@H](N)CCCCC)C(=O)O.CC=C(NC(=O)C[C@H](CCCCC)NC(=O)[C@H](C)[C@@H](N)CCCCC)C(=O)O. The van der Waals surface area contributed by atoms with Crippen LogP contribution in [0.25, 0.3) is 0 Å². The van der Waals surface area contributed by atoms with Gasteiger partial charge in [-0.1, -0.05) is 124 Å². The summed E-state index contributed by atoms with van der Waals surface area (Å²) in [6.07, 6.45) is 18.3. The van der Waals surface area contributed by atoms with Gasteiger partial charge in [0.25, 0.3) is 0 Å². The second-order valence-electron chi connectivity index (χ2n) is 14.4. The summed E-state index contributed by atoms with van der Waals surface area (Å²) < 4.78 is 0. The van der Waals surface area contributed by atoms with E-state index in [-0.39, 0.29) is 72.6 Å². The fraction of sp³-hybridized carbons (Fsp3) is 0.756. The smallest absolute Gasteiger partial charge is 0.352 e. The molecular weight excluding hydrogens is 704 g/mol. The predicted octanol–water partition coefficient (Wildman–Crippen LogP) is 5.93. The molecule has 0 aliphatic carbocycles. The minimum atomic E-state index is -1.19. The second kappa shape index (κ2) is 33.5. The van der Waals surface area contributed by atoms with Crippen molar-refractivity contribution in [3.05, 3.63) is 23.5 Å². The number of hydrogen-bond donors (Lipinski definition) is 8. The first kappa shape index (κ1) is 53.3. The Labute approximate surface area is 330 Å². The van der Waals surface area contributed by atoms with Gasteiger partial charge < -0.3 is 42.9 Å². The Balaban J connectivity index is 0. The molecule has 0 radical (unpaired) electrons. The topological polar surface area (TPSA) is 243 Å². The van der Waals surface area contributed by atoms with Gasteiger partial charge in [-0.15, -0.1) is 0 Å². The van der Waals surface area contributed by atoms with Crippen LogP contribution in [0.5, 0.6) is 0 Å². The third-order valence-electron chi connectivity index (χ3n) is 9.30. The van der Waals surface area contributed by atoms with Crippen molar-refractivity contribution >= 4 is 35.6 Å². The molecule has 0 aromatic rings. The van der Waals surface area contributed by atoms with Gasteiger partial charge in [0.1, 0.15) is 11.4 Å². The Kier molecular flexibility index (Phi) is 32.5. The standard InChI is InChI=1S/C21H39N3O4.C20H37N3O4/c1-5-8-10-12-16(14-19(25)24-18(7-3)21(27)28)23-20(26)15(4)17(22)13-11-9-6-2;1-4-7-9-11-15(21)13-18(24)22-16(12-10-8-5-2)14-19(25)23-17(6-3)20(26)27/h7,15-17H,5-6,8-14,22H2,1-4H3,(H,23,26)(H,24,25)(H,27,28);6,15-16H,4-5,7-14,21H2,1-3H3,(H,22,24)(H,23,25)(H,26,27)/t15-,16+,17+;15-,16-/m10/s1. The summed E-state index contributed by atoms with van der Waals surface area (Å²) in [5, 5.41) is 28.7. The number of hydrogen-bond acceptors (Lipinski definition) is 8. The van der Waals surface area contributed by atoms with Crippen molar-refractivity contribution in [3.8, 4) is 0 Å². The van der Waals surface area contributed by atoms with E-state index in [1.165, 1.54) is 12.2 Å². The van der Waals surface area contributed by atoms with Gasteiger partial charge in [-0.25, -0.2) is 9.59 Å². The molecule has 14 nitrogen and oxygen atoms in total. The summed E-state index contributed by atoms with van der Waals surface area (Å²) in [6.45, 7) is 13.3. The summed E-state index contributed by atoms with van der Waals surface area (Å²) in [6, 6.07) is -1.04. The predicted molar refractivity (Wildman–Crippen MR) is 218 cm³/mol. The molecule has 4 amide bonds. The molecule has 0 aromatic heterocycles. The molecule has 0 bridgehead atoms. The Morgan fingerprint density at radius 3 is 1.31 bits per heavy atom. The fourth-order valence-corrected chi connectivity index (χ4v) is 5.77. The summed E-state index contributed by atoms with van der Waals surface area (Å²) in [5.74, 6) is -3.85. The van der Waals surface area contributed by atoms with Crippen molar-refractivity contribution in [2.75, 3.05) is 0 Å². The van der Waals surface area contributed by atoms with Crippen LogP contribution < -0.4 is 32.7 Å². The van der Waals surface area contributed by atoms with Gasteiger partial charge in [0.05, 0.1) is 5.92 Å². The van der Waals surface area contributed by atoms with Gasteiger partial charge in [-0.2, -0.15) is 0 Å². The number of nitrogens with one attached hydrogen (secondary N) is 4. The highest BCUT2D eigenvalue weighted by atomic mass is 16.4. The third-order valence-corrected chi connectivity index (χ3v) is 9.30. The van der Waals surface area contributed by atoms with E-state index in [4.69, 9.17) is 21.7 Å². The van der Waals surface area contributed by atoms with Gasteiger partial charge in [0.15, 0.2) is 0 Å². The zero-order valence-electron chi connectivity index (χ0n) is 35.0. The van der Waals surface area contributed by atoms with Gasteiger partial charge in [0.2, 0.25) is 23.6 Å². The van der Waals surface area contributed by atoms with Crippen LogP contribution in [0.1, 0.15) is 170 Å². The van der Waals surface area contributed by atoms with Crippen LogP contribution in [0, 0.1) is 5.92 Å². The summed E-state index contributed by atoms with van der Waals surface area (Å²) in [4.78, 5) is 71.3. The lowest BCUT2D eigenvalue weighted by Crippen LogP contribution is -2.46. The summed E-state index contributed by atoms with van der Waals surface area (Å²) in [5.41, 5.74) is 11.9. The van der Waals surface area contributed by atoms with Crippen LogP contribution in [0.4, 0.5) is 0 Å². The lowest BCUT2D eigenvalue weighted by Gasteiger charge is -2.24. The number of rotatable bonds is 30. The average molecular weight is 781 g/mol. The molecule has 55 heavy (non-hydrogen) atoms. The largest absolute Gasteiger partial charge is 0.477 e. The Bertz CT molecular complexity index is 1190. The summed E-state index contributed by atoms with van der Waals surface area (Å²) in [7, 11) is 0. The fourth-order valence-electron chi connectivity index (χ4n) is 5.77. The number of unbranched alkanes of at least 4 members (excludes halogenated alkanes) is 8. The van der Waals surface area contributed by atoms with E-state index in [2.05, 4.69) is 49.0 Å². The van der Waals surface area contributed by atoms with Crippen molar-refractivity contribution in [2.24, 2.45) is 17.4 Å². The highest BCUT2D eigenvalue weighted by Crippen LogP contribution is 2.14. The Morgan fingerprint density at radius 1 is 0.545 bits per heavy atom. The van der Waals surface area contributed by atoms with Crippen molar-refractivity contribution in [3.63, 3.8) is 0 Å². The van der Waals surface area contributed by atoms with Crippen molar-refractivity contribution < 1.29 is 39.0 Å². The molecule has 0 aromatic carbocycles. The number of carboxylic acid groups (broad SMARTS) is 2. The molecule has 0 rings (SSSR count). The highest BCUT2D eigenvalue weighted by molar-refractivity contribution is 5.93. The first-order valence-electron chi connectivity index (χ1n) is 20.6. The molecule has 318 valence electrons. The van der Waals surface area contributed by atoms with Gasteiger partial charge in [-0.3, -0.25) is 19.2 Å². The van der Waals surface area contributed by atoms with E-state index in [1.54, 1.807) is 13.8 Å². The number of carbonyl (C=O) groups is 6. The van der Waals surface area contributed by atoms with E-state index in [0.29, 0.717) is 12.8 Å². The van der Waals surface area contributed by atoms with Gasteiger partial charge in [-0.05, 0) is 39.5 Å². The second-order valence-corrected chi connectivity index (χ2v) is 14.4. The van der Waals surface area contributed by atoms with E-state index >= 15 is 0 Å². The van der Waals surface area contributed by atoms with Crippen LogP contribution in [0.2, 0.25) is 0 Å². The van der Waals surface area contributed by atoms with Crippen LogP contribution in [-0.4, -0.2) is 69.9 Å². The van der Waals surface area contributed by atoms with Crippen molar-refractivity contribution in [1.82, 2.24) is 21.3 Å². The minimum Gasteiger partial charge on any atom is -0.477 e.